The van der Waals surface area contributed by atoms with Gasteiger partial charge in [-0.15, -0.1) is 11.3 Å². The summed E-state index contributed by atoms with van der Waals surface area (Å²) in [5.74, 6) is 0.126. The zero-order valence-electron chi connectivity index (χ0n) is 17.4. The number of pyridine rings is 1. The summed E-state index contributed by atoms with van der Waals surface area (Å²) in [6.07, 6.45) is 1.56. The van der Waals surface area contributed by atoms with E-state index in [1.807, 2.05) is 19.5 Å². The lowest BCUT2D eigenvalue weighted by Crippen LogP contribution is -2.20. The number of H-pyrrole nitrogens is 1. The molecule has 0 aliphatic carbocycles. The summed E-state index contributed by atoms with van der Waals surface area (Å²) in [4.78, 5) is 31.0. The zero-order chi connectivity index (χ0) is 22.7. The van der Waals surface area contributed by atoms with Gasteiger partial charge in [0.1, 0.15) is 40.9 Å². The van der Waals surface area contributed by atoms with Crippen LogP contribution in [-0.2, 0) is 6.61 Å². The minimum absolute atomic E-state index is 0.0319. The molecule has 1 aromatic carbocycles. The molecule has 11 heteroatoms. The Morgan fingerprint density at radius 3 is 2.91 bits per heavy atom. The highest BCUT2D eigenvalue weighted by atomic mass is 35.5. The summed E-state index contributed by atoms with van der Waals surface area (Å²) < 4.78 is 18.9. The Morgan fingerprint density at radius 1 is 1.28 bits per heavy atom. The van der Waals surface area contributed by atoms with Gasteiger partial charge in [-0.25, -0.2) is 14.4 Å². The molecule has 0 aliphatic heterocycles. The molecule has 0 saturated carbocycles. The SMILES string of the molecule is CN(C)CCNc1nc(-c2nccc3c(=O)[nH]c(COc4ccc(F)c(Cl)c4)nc23)cs1. The molecule has 4 aromatic rings. The number of fused-ring (bicyclic) bond motifs is 1. The lowest BCUT2D eigenvalue weighted by Gasteiger charge is -2.09. The molecule has 0 radical (unpaired) electrons. The first-order valence-corrected chi connectivity index (χ1v) is 11.0. The number of ether oxygens (including phenoxy) is 1. The summed E-state index contributed by atoms with van der Waals surface area (Å²) in [5, 5.41) is 6.27. The Labute approximate surface area is 192 Å². The third-order valence-corrected chi connectivity index (χ3v) is 5.61. The molecule has 3 heterocycles. The van der Waals surface area contributed by atoms with Crippen LogP contribution in [0.25, 0.3) is 22.3 Å². The highest BCUT2D eigenvalue weighted by Gasteiger charge is 2.14. The van der Waals surface area contributed by atoms with Crippen molar-refractivity contribution in [1.29, 1.82) is 0 Å². The number of aromatic amines is 1. The van der Waals surface area contributed by atoms with Crippen LogP contribution in [0.15, 0.2) is 40.6 Å². The van der Waals surface area contributed by atoms with E-state index in [1.54, 1.807) is 12.3 Å². The van der Waals surface area contributed by atoms with Crippen molar-refractivity contribution in [3.8, 4) is 17.1 Å². The summed E-state index contributed by atoms with van der Waals surface area (Å²) in [6, 6.07) is 5.64. The van der Waals surface area contributed by atoms with E-state index in [9.17, 15) is 9.18 Å². The van der Waals surface area contributed by atoms with E-state index in [0.717, 1.165) is 18.2 Å². The first kappa shape index (κ1) is 22.1. The Hall–Kier alpha value is -3.08. The number of thiazole rings is 1. The monoisotopic (exact) mass is 474 g/mol. The van der Waals surface area contributed by atoms with Gasteiger partial charge in [-0.1, -0.05) is 11.6 Å². The molecule has 0 unspecified atom stereocenters. The predicted octanol–water partition coefficient (Wildman–Crippen LogP) is 3.79. The average molecular weight is 475 g/mol. The van der Waals surface area contributed by atoms with Gasteiger partial charge in [0.25, 0.3) is 5.56 Å². The van der Waals surface area contributed by atoms with E-state index in [-0.39, 0.29) is 17.2 Å². The summed E-state index contributed by atoms with van der Waals surface area (Å²) in [5.41, 5.74) is 1.26. The molecular formula is C21H20ClFN6O2S. The fraction of sp³-hybridized carbons (Fsp3) is 0.238. The first-order valence-electron chi connectivity index (χ1n) is 9.71. The standard InChI is InChI=1S/C21H20ClFN6O2S/c1-29(2)8-7-25-21-26-16(11-32-21)19-18-13(5-6-24-19)20(30)28-17(27-18)10-31-12-3-4-15(23)14(22)9-12/h3-6,9,11H,7-8,10H2,1-2H3,(H,25,26)(H,27,28,30). The Kier molecular flexibility index (Phi) is 6.63. The molecule has 3 aromatic heterocycles. The average Bonchev–Trinajstić information content (AvgIpc) is 3.23. The quantitative estimate of drug-likeness (QED) is 0.401. The van der Waals surface area contributed by atoms with Gasteiger partial charge in [0, 0.05) is 30.7 Å². The van der Waals surface area contributed by atoms with Crippen molar-refractivity contribution in [3.05, 3.63) is 62.9 Å². The number of likely N-dealkylation sites (N-methyl/N-ethyl adjacent to an activating group) is 1. The summed E-state index contributed by atoms with van der Waals surface area (Å²) in [6.45, 7) is 1.60. The molecule has 32 heavy (non-hydrogen) atoms. The molecule has 0 aliphatic rings. The highest BCUT2D eigenvalue weighted by molar-refractivity contribution is 7.14. The van der Waals surface area contributed by atoms with E-state index in [2.05, 4.69) is 30.2 Å². The van der Waals surface area contributed by atoms with Gasteiger partial charge in [-0.2, -0.15) is 0 Å². The normalized spacial score (nSPS) is 11.3. The van der Waals surface area contributed by atoms with E-state index < -0.39 is 5.82 Å². The van der Waals surface area contributed by atoms with E-state index in [1.165, 1.54) is 29.5 Å². The van der Waals surface area contributed by atoms with Crippen molar-refractivity contribution in [2.75, 3.05) is 32.5 Å². The van der Waals surface area contributed by atoms with Crippen LogP contribution in [0.3, 0.4) is 0 Å². The second kappa shape index (κ2) is 9.60. The van der Waals surface area contributed by atoms with Gasteiger partial charge >= 0.3 is 0 Å². The van der Waals surface area contributed by atoms with Crippen LogP contribution >= 0.6 is 22.9 Å². The lowest BCUT2D eigenvalue weighted by molar-refractivity contribution is 0.295. The Balaban J connectivity index is 1.60. The number of benzene rings is 1. The van der Waals surface area contributed by atoms with Crippen LogP contribution in [0, 0.1) is 5.82 Å². The van der Waals surface area contributed by atoms with Crippen molar-refractivity contribution < 1.29 is 9.13 Å². The van der Waals surface area contributed by atoms with Gasteiger partial charge in [-0.05, 0) is 32.3 Å². The maximum absolute atomic E-state index is 13.3. The molecule has 0 fully saturated rings. The molecule has 0 saturated heterocycles. The van der Waals surface area contributed by atoms with Gasteiger partial charge in [-0.3, -0.25) is 9.78 Å². The van der Waals surface area contributed by atoms with Crippen molar-refractivity contribution >= 4 is 39.0 Å². The van der Waals surface area contributed by atoms with Crippen LogP contribution in [0.1, 0.15) is 5.82 Å². The zero-order valence-corrected chi connectivity index (χ0v) is 18.9. The minimum Gasteiger partial charge on any atom is -0.486 e. The van der Waals surface area contributed by atoms with Gasteiger partial charge in [0.2, 0.25) is 0 Å². The van der Waals surface area contributed by atoms with E-state index in [0.29, 0.717) is 33.9 Å². The number of nitrogens with zero attached hydrogens (tertiary/aromatic N) is 4. The van der Waals surface area contributed by atoms with Crippen molar-refractivity contribution in [2.24, 2.45) is 0 Å². The molecule has 4 rings (SSSR count). The predicted molar refractivity (Wildman–Crippen MR) is 124 cm³/mol. The maximum Gasteiger partial charge on any atom is 0.258 e. The van der Waals surface area contributed by atoms with E-state index in [4.69, 9.17) is 16.3 Å². The van der Waals surface area contributed by atoms with Gasteiger partial charge in [0.05, 0.1) is 10.4 Å². The van der Waals surface area contributed by atoms with Crippen LogP contribution in [0.5, 0.6) is 5.75 Å². The lowest BCUT2D eigenvalue weighted by atomic mass is 10.2. The second-order valence-electron chi connectivity index (χ2n) is 7.20. The highest BCUT2D eigenvalue weighted by Crippen LogP contribution is 2.27. The van der Waals surface area contributed by atoms with Crippen LogP contribution < -0.4 is 15.6 Å². The van der Waals surface area contributed by atoms with Gasteiger partial charge in [0.15, 0.2) is 5.13 Å². The molecule has 166 valence electrons. The molecule has 2 N–H and O–H groups in total. The minimum atomic E-state index is -0.536. The number of hydrogen-bond donors (Lipinski definition) is 2. The van der Waals surface area contributed by atoms with E-state index >= 15 is 0 Å². The molecular weight excluding hydrogens is 455 g/mol. The number of nitrogens with one attached hydrogen (secondary N) is 2. The fourth-order valence-corrected chi connectivity index (χ4v) is 3.83. The third kappa shape index (κ3) is 5.04. The van der Waals surface area contributed by atoms with Crippen molar-refractivity contribution in [2.45, 2.75) is 6.61 Å². The van der Waals surface area contributed by atoms with Gasteiger partial charge < -0.3 is 19.9 Å². The van der Waals surface area contributed by atoms with Crippen molar-refractivity contribution in [3.63, 3.8) is 0 Å². The summed E-state index contributed by atoms with van der Waals surface area (Å²) in [7, 11) is 4.01. The Morgan fingerprint density at radius 2 is 2.12 bits per heavy atom. The number of aromatic nitrogens is 4. The largest absolute Gasteiger partial charge is 0.486 e. The Bertz CT molecular complexity index is 1310. The van der Waals surface area contributed by atoms with Crippen molar-refractivity contribution in [1.82, 2.24) is 24.8 Å². The molecule has 0 bridgehead atoms. The molecule has 0 amide bonds. The van der Waals surface area contributed by atoms with Crippen LogP contribution in [-0.4, -0.2) is 52.0 Å². The second-order valence-corrected chi connectivity index (χ2v) is 8.47. The molecule has 8 nitrogen and oxygen atoms in total. The number of halogens is 2. The summed E-state index contributed by atoms with van der Waals surface area (Å²) >= 11 is 7.25. The number of rotatable bonds is 8. The third-order valence-electron chi connectivity index (χ3n) is 4.52. The maximum atomic E-state index is 13.3. The molecule has 0 spiro atoms. The smallest absolute Gasteiger partial charge is 0.258 e. The number of anilines is 1. The first-order chi connectivity index (χ1) is 15.4. The van der Waals surface area contributed by atoms with Crippen LogP contribution in [0.2, 0.25) is 5.02 Å². The number of hydrogen-bond acceptors (Lipinski definition) is 8. The fourth-order valence-electron chi connectivity index (χ4n) is 2.94. The molecule has 0 atom stereocenters. The topological polar surface area (TPSA) is 96.0 Å². The van der Waals surface area contributed by atoms with Crippen LogP contribution in [0.4, 0.5) is 9.52 Å².